The summed E-state index contributed by atoms with van der Waals surface area (Å²) in [4.78, 5) is 17.4. The molecule has 0 aliphatic rings. The van der Waals surface area contributed by atoms with Crippen LogP contribution in [-0.4, -0.2) is 42.7 Å². The molecule has 8 heteroatoms. The number of hydrogen-bond donors (Lipinski definition) is 1. The molecule has 0 amide bonds. The highest BCUT2D eigenvalue weighted by molar-refractivity contribution is 5.97. The summed E-state index contributed by atoms with van der Waals surface area (Å²) in [6.45, 7) is 4.64. The van der Waals surface area contributed by atoms with Crippen LogP contribution in [-0.2, 0) is 25.8 Å². The van der Waals surface area contributed by atoms with Crippen LogP contribution >= 0.6 is 0 Å². The maximum absolute atomic E-state index is 11.7. The molecule has 3 aromatic rings. The Labute approximate surface area is 182 Å². The molecule has 0 aliphatic heterocycles. The number of nitrogens with zero attached hydrogens (tertiary/aromatic N) is 5. The predicted octanol–water partition coefficient (Wildman–Crippen LogP) is 3.57. The van der Waals surface area contributed by atoms with E-state index < -0.39 is 0 Å². The van der Waals surface area contributed by atoms with Gasteiger partial charge in [-0.05, 0) is 61.6 Å². The van der Waals surface area contributed by atoms with E-state index in [1.807, 2.05) is 19.2 Å². The fraction of sp³-hybridized carbons (Fsp3) is 0.435. The van der Waals surface area contributed by atoms with Gasteiger partial charge < -0.3 is 9.84 Å². The molecule has 3 rings (SSSR count). The number of aryl methyl sites for hydroxylation is 3. The van der Waals surface area contributed by atoms with Crippen molar-refractivity contribution in [2.24, 2.45) is 0 Å². The molecule has 31 heavy (non-hydrogen) atoms. The Balaban J connectivity index is 1.46. The number of aromatic hydroxyl groups is 1. The van der Waals surface area contributed by atoms with Crippen LogP contribution < -0.4 is 4.74 Å². The summed E-state index contributed by atoms with van der Waals surface area (Å²) in [5, 5.41) is 23.1. The minimum atomic E-state index is -0.156. The highest BCUT2D eigenvalue weighted by Gasteiger charge is 2.16. The van der Waals surface area contributed by atoms with Gasteiger partial charge in [0.15, 0.2) is 11.6 Å². The predicted molar refractivity (Wildman–Crippen MR) is 116 cm³/mol. The molecule has 0 atom stereocenters. The van der Waals surface area contributed by atoms with Crippen LogP contribution in [0.5, 0.6) is 11.5 Å². The lowest BCUT2D eigenvalue weighted by molar-refractivity contribution is 0.101. The standard InChI is InChI=1S/C23H29N5O3/c1-3-7-20-21(12-11-19(17(2)29)23(20)30)31-15-6-10-22-25-27-28(26-22)14-5-9-18-8-4-13-24-16-18/h4,8,11-13,16,30H,3,5-7,9-10,14-15H2,1-2H3. The number of tetrazole rings is 1. The Hall–Kier alpha value is -3.29. The van der Waals surface area contributed by atoms with Crippen molar-refractivity contribution in [1.29, 1.82) is 0 Å². The summed E-state index contributed by atoms with van der Waals surface area (Å²) >= 11 is 0. The monoisotopic (exact) mass is 423 g/mol. The number of Topliss-reactive ketones (excluding diaryl/α,β-unsaturated/α-hetero) is 1. The van der Waals surface area contributed by atoms with Crippen LogP contribution in [0, 0.1) is 0 Å². The number of hydrogen-bond acceptors (Lipinski definition) is 7. The van der Waals surface area contributed by atoms with E-state index in [1.165, 1.54) is 12.5 Å². The van der Waals surface area contributed by atoms with Gasteiger partial charge in [0, 0.05) is 24.4 Å². The van der Waals surface area contributed by atoms with E-state index >= 15 is 0 Å². The number of aromatic nitrogens is 5. The number of phenols is 1. The van der Waals surface area contributed by atoms with E-state index in [9.17, 15) is 9.90 Å². The van der Waals surface area contributed by atoms with Crippen LogP contribution in [0.25, 0.3) is 0 Å². The molecule has 0 unspecified atom stereocenters. The van der Waals surface area contributed by atoms with Gasteiger partial charge in [-0.1, -0.05) is 19.4 Å². The first-order chi connectivity index (χ1) is 15.1. The maximum Gasteiger partial charge on any atom is 0.174 e. The Kier molecular flexibility index (Phi) is 8.09. The smallest absolute Gasteiger partial charge is 0.174 e. The molecular formula is C23H29N5O3. The van der Waals surface area contributed by atoms with Crippen molar-refractivity contribution in [3.63, 3.8) is 0 Å². The van der Waals surface area contributed by atoms with Gasteiger partial charge in [0.2, 0.25) is 0 Å². The second kappa shape index (κ2) is 11.2. The van der Waals surface area contributed by atoms with Crippen molar-refractivity contribution in [2.75, 3.05) is 6.61 Å². The number of rotatable bonds is 12. The third-order valence-electron chi connectivity index (χ3n) is 4.96. The second-order valence-electron chi connectivity index (χ2n) is 7.46. The quantitative estimate of drug-likeness (QED) is 0.351. The minimum Gasteiger partial charge on any atom is -0.507 e. The van der Waals surface area contributed by atoms with Gasteiger partial charge in [0.25, 0.3) is 0 Å². The van der Waals surface area contributed by atoms with Gasteiger partial charge in [0.1, 0.15) is 11.5 Å². The van der Waals surface area contributed by atoms with Crippen LogP contribution in [0.4, 0.5) is 0 Å². The molecular weight excluding hydrogens is 394 g/mol. The van der Waals surface area contributed by atoms with Gasteiger partial charge >= 0.3 is 0 Å². The van der Waals surface area contributed by atoms with Crippen molar-refractivity contribution in [3.8, 4) is 11.5 Å². The van der Waals surface area contributed by atoms with E-state index in [1.54, 1.807) is 23.1 Å². The Bertz CT molecular complexity index is 988. The average Bonchev–Trinajstić information content (AvgIpc) is 3.21. The summed E-state index contributed by atoms with van der Waals surface area (Å²) in [6, 6.07) is 7.38. The first-order valence-corrected chi connectivity index (χ1v) is 10.7. The molecule has 0 aliphatic carbocycles. The fourth-order valence-electron chi connectivity index (χ4n) is 3.38. The third-order valence-corrected chi connectivity index (χ3v) is 4.96. The Morgan fingerprint density at radius 2 is 2.03 bits per heavy atom. The number of benzene rings is 1. The molecule has 8 nitrogen and oxygen atoms in total. The molecule has 0 saturated carbocycles. The molecule has 0 saturated heterocycles. The summed E-state index contributed by atoms with van der Waals surface area (Å²) in [7, 11) is 0. The number of carbonyl (C=O) groups is 1. The van der Waals surface area contributed by atoms with E-state index in [0.717, 1.165) is 25.7 Å². The van der Waals surface area contributed by atoms with E-state index in [4.69, 9.17) is 4.74 Å². The van der Waals surface area contributed by atoms with E-state index in [0.29, 0.717) is 48.7 Å². The van der Waals surface area contributed by atoms with Crippen LogP contribution in [0.1, 0.15) is 60.4 Å². The van der Waals surface area contributed by atoms with Crippen LogP contribution in [0.3, 0.4) is 0 Å². The second-order valence-corrected chi connectivity index (χ2v) is 7.46. The van der Waals surface area contributed by atoms with E-state index in [-0.39, 0.29) is 11.5 Å². The van der Waals surface area contributed by atoms with Crippen molar-refractivity contribution < 1.29 is 14.6 Å². The van der Waals surface area contributed by atoms with Crippen molar-refractivity contribution in [1.82, 2.24) is 25.2 Å². The third kappa shape index (κ3) is 6.34. The Morgan fingerprint density at radius 3 is 2.77 bits per heavy atom. The van der Waals surface area contributed by atoms with Crippen LogP contribution in [0.15, 0.2) is 36.7 Å². The maximum atomic E-state index is 11.7. The normalized spacial score (nSPS) is 10.9. The molecule has 0 spiro atoms. The summed E-state index contributed by atoms with van der Waals surface area (Å²) in [5.41, 5.74) is 2.22. The number of ether oxygens (including phenoxy) is 1. The zero-order chi connectivity index (χ0) is 22.1. The first kappa shape index (κ1) is 22.4. The number of carbonyl (C=O) groups excluding carboxylic acids is 1. The topological polar surface area (TPSA) is 103 Å². The number of pyridine rings is 1. The summed E-state index contributed by atoms with van der Waals surface area (Å²) in [6.07, 6.45) is 8.37. The molecule has 2 heterocycles. The lowest BCUT2D eigenvalue weighted by atomic mass is 10.0. The molecule has 1 aromatic carbocycles. The Morgan fingerprint density at radius 1 is 1.16 bits per heavy atom. The van der Waals surface area contributed by atoms with Crippen LogP contribution in [0.2, 0.25) is 0 Å². The first-order valence-electron chi connectivity index (χ1n) is 10.7. The number of ketones is 1. The van der Waals surface area contributed by atoms with Crippen molar-refractivity contribution in [2.45, 2.75) is 58.9 Å². The molecule has 2 aromatic heterocycles. The zero-order valence-corrected chi connectivity index (χ0v) is 18.1. The number of phenolic OH excluding ortho intramolecular Hbond substituents is 1. The zero-order valence-electron chi connectivity index (χ0n) is 18.1. The average molecular weight is 424 g/mol. The van der Waals surface area contributed by atoms with Gasteiger partial charge in [-0.25, -0.2) is 0 Å². The van der Waals surface area contributed by atoms with Crippen molar-refractivity contribution >= 4 is 5.78 Å². The fourth-order valence-corrected chi connectivity index (χ4v) is 3.38. The van der Waals surface area contributed by atoms with Gasteiger partial charge in [0.05, 0.1) is 18.7 Å². The molecule has 0 radical (unpaired) electrons. The minimum absolute atomic E-state index is 0.0303. The lowest BCUT2D eigenvalue weighted by Crippen LogP contribution is -2.06. The molecule has 0 bridgehead atoms. The highest BCUT2D eigenvalue weighted by Crippen LogP contribution is 2.33. The summed E-state index contributed by atoms with van der Waals surface area (Å²) < 4.78 is 5.89. The highest BCUT2D eigenvalue weighted by atomic mass is 16.5. The molecule has 0 fully saturated rings. The van der Waals surface area contributed by atoms with Gasteiger partial charge in [-0.15, -0.1) is 10.2 Å². The van der Waals surface area contributed by atoms with Gasteiger partial charge in [-0.2, -0.15) is 4.80 Å². The largest absolute Gasteiger partial charge is 0.507 e. The molecule has 164 valence electrons. The lowest BCUT2D eigenvalue weighted by Gasteiger charge is -2.14. The van der Waals surface area contributed by atoms with E-state index in [2.05, 4.69) is 26.5 Å². The SMILES string of the molecule is CCCc1c(OCCCc2nnn(CCCc3cccnc3)n2)ccc(C(C)=O)c1O. The molecule has 1 N–H and O–H groups in total. The van der Waals surface area contributed by atoms with Crippen molar-refractivity contribution in [3.05, 3.63) is 59.2 Å². The summed E-state index contributed by atoms with van der Waals surface area (Å²) in [5.74, 6) is 1.18. The van der Waals surface area contributed by atoms with Gasteiger partial charge in [-0.3, -0.25) is 9.78 Å².